The lowest BCUT2D eigenvalue weighted by atomic mass is 10.2. The van der Waals surface area contributed by atoms with Crippen molar-refractivity contribution in [2.75, 3.05) is 39.3 Å². The number of benzene rings is 1. The van der Waals surface area contributed by atoms with Crippen LogP contribution in [-0.4, -0.2) is 76.2 Å². The summed E-state index contributed by atoms with van der Waals surface area (Å²) in [5.74, 6) is 1.44. The molecule has 0 spiro atoms. The van der Waals surface area contributed by atoms with Gasteiger partial charge in [0.2, 0.25) is 11.8 Å². The maximum absolute atomic E-state index is 5.87. The molecule has 4 rings (SSSR count). The summed E-state index contributed by atoms with van der Waals surface area (Å²) in [5.41, 5.74) is 1.20. The van der Waals surface area contributed by atoms with Gasteiger partial charge in [0.05, 0.1) is 13.0 Å². The van der Waals surface area contributed by atoms with Crippen molar-refractivity contribution in [3.63, 3.8) is 0 Å². The van der Waals surface area contributed by atoms with Crippen LogP contribution < -0.4 is 0 Å². The number of aromatic nitrogens is 2. The molecule has 1 aromatic carbocycles. The van der Waals surface area contributed by atoms with E-state index in [9.17, 15) is 0 Å². The first-order chi connectivity index (χ1) is 13.7. The Hall–Kier alpha value is -1.76. The van der Waals surface area contributed by atoms with Gasteiger partial charge in [-0.05, 0) is 32.3 Å². The zero-order chi connectivity index (χ0) is 19.3. The Morgan fingerprint density at radius 2 is 1.50 bits per heavy atom. The van der Waals surface area contributed by atoms with Gasteiger partial charge < -0.3 is 4.42 Å². The molecule has 2 atom stereocenters. The first-order valence-electron chi connectivity index (χ1n) is 10.7. The average molecular weight is 384 g/mol. The Morgan fingerprint density at radius 3 is 2.21 bits per heavy atom. The molecule has 6 nitrogen and oxygen atoms in total. The Labute approximate surface area is 168 Å². The number of rotatable bonds is 7. The molecule has 28 heavy (non-hydrogen) atoms. The van der Waals surface area contributed by atoms with Gasteiger partial charge in [-0.2, -0.15) is 0 Å². The standard InChI is InChI=1S/C22H33N5O/c1-18-8-9-19(2)27(18)15-14-25-10-12-26(13-11-25)17-22-24-23-21(28-22)16-20-6-4-3-5-7-20/h3-7,18-19H,8-17H2,1-2H3. The summed E-state index contributed by atoms with van der Waals surface area (Å²) in [6.45, 7) is 12.3. The van der Waals surface area contributed by atoms with E-state index in [1.165, 1.54) is 31.5 Å². The van der Waals surface area contributed by atoms with E-state index in [-0.39, 0.29) is 0 Å². The Morgan fingerprint density at radius 1 is 0.857 bits per heavy atom. The summed E-state index contributed by atoms with van der Waals surface area (Å²) in [5, 5.41) is 8.47. The van der Waals surface area contributed by atoms with E-state index >= 15 is 0 Å². The fraction of sp³-hybridized carbons (Fsp3) is 0.636. The summed E-state index contributed by atoms with van der Waals surface area (Å²) < 4.78 is 5.87. The highest BCUT2D eigenvalue weighted by Gasteiger charge is 2.27. The van der Waals surface area contributed by atoms with Gasteiger partial charge in [-0.1, -0.05) is 30.3 Å². The predicted molar refractivity (Wildman–Crippen MR) is 110 cm³/mol. The maximum Gasteiger partial charge on any atom is 0.230 e. The van der Waals surface area contributed by atoms with Crippen LogP contribution in [-0.2, 0) is 13.0 Å². The number of nitrogens with zero attached hydrogens (tertiary/aromatic N) is 5. The molecule has 2 fully saturated rings. The van der Waals surface area contributed by atoms with Crippen LogP contribution >= 0.6 is 0 Å². The van der Waals surface area contributed by atoms with Crippen molar-refractivity contribution >= 4 is 0 Å². The van der Waals surface area contributed by atoms with E-state index in [0.29, 0.717) is 12.3 Å². The number of likely N-dealkylation sites (tertiary alicyclic amines) is 1. The van der Waals surface area contributed by atoms with Crippen LogP contribution in [0.4, 0.5) is 0 Å². The molecular weight excluding hydrogens is 350 g/mol. The molecule has 0 radical (unpaired) electrons. The Kier molecular flexibility index (Phi) is 6.40. The lowest BCUT2D eigenvalue weighted by Gasteiger charge is -2.36. The Bertz CT molecular complexity index is 716. The van der Waals surface area contributed by atoms with Crippen LogP contribution in [0.1, 0.15) is 44.0 Å². The molecule has 0 saturated carbocycles. The van der Waals surface area contributed by atoms with Gasteiger partial charge in [-0.25, -0.2) is 0 Å². The smallest absolute Gasteiger partial charge is 0.230 e. The number of hydrogen-bond donors (Lipinski definition) is 0. The third-order valence-corrected chi connectivity index (χ3v) is 6.34. The molecule has 2 aliphatic heterocycles. The summed E-state index contributed by atoms with van der Waals surface area (Å²) in [6, 6.07) is 11.8. The molecule has 2 unspecified atom stereocenters. The summed E-state index contributed by atoms with van der Waals surface area (Å²) in [7, 11) is 0. The molecule has 0 N–H and O–H groups in total. The van der Waals surface area contributed by atoms with Gasteiger partial charge in [0.25, 0.3) is 0 Å². The van der Waals surface area contributed by atoms with Gasteiger partial charge in [0.15, 0.2) is 0 Å². The second-order valence-corrected chi connectivity index (χ2v) is 8.38. The minimum atomic E-state index is 0.702. The fourth-order valence-electron chi connectivity index (χ4n) is 4.50. The van der Waals surface area contributed by atoms with Crippen LogP contribution in [0.5, 0.6) is 0 Å². The first kappa shape index (κ1) is 19.6. The minimum Gasteiger partial charge on any atom is -0.424 e. The topological polar surface area (TPSA) is 48.6 Å². The fourth-order valence-corrected chi connectivity index (χ4v) is 4.50. The molecule has 1 aromatic heterocycles. The lowest BCUT2D eigenvalue weighted by Crippen LogP contribution is -2.48. The second kappa shape index (κ2) is 9.16. The zero-order valence-electron chi connectivity index (χ0n) is 17.3. The highest BCUT2D eigenvalue weighted by Crippen LogP contribution is 2.23. The first-order valence-corrected chi connectivity index (χ1v) is 10.7. The van der Waals surface area contributed by atoms with E-state index in [0.717, 1.165) is 50.7 Å². The quantitative estimate of drug-likeness (QED) is 0.733. The van der Waals surface area contributed by atoms with Gasteiger partial charge in [-0.3, -0.25) is 14.7 Å². The minimum absolute atomic E-state index is 0.702. The van der Waals surface area contributed by atoms with Gasteiger partial charge in [0, 0.05) is 51.4 Å². The normalized spacial score (nSPS) is 24.8. The van der Waals surface area contributed by atoms with E-state index in [4.69, 9.17) is 4.42 Å². The van der Waals surface area contributed by atoms with Crippen molar-refractivity contribution in [1.29, 1.82) is 0 Å². The molecule has 0 amide bonds. The SMILES string of the molecule is CC1CCC(C)N1CCN1CCN(Cc2nnc(Cc3ccccc3)o2)CC1. The Balaban J connectivity index is 1.19. The van der Waals surface area contributed by atoms with Crippen LogP contribution in [0.25, 0.3) is 0 Å². The van der Waals surface area contributed by atoms with E-state index in [2.05, 4.69) is 50.9 Å². The van der Waals surface area contributed by atoms with Crippen LogP contribution in [0.2, 0.25) is 0 Å². The van der Waals surface area contributed by atoms with Crippen LogP contribution in [0.3, 0.4) is 0 Å². The van der Waals surface area contributed by atoms with Crippen molar-refractivity contribution in [3.8, 4) is 0 Å². The van der Waals surface area contributed by atoms with Crippen molar-refractivity contribution in [1.82, 2.24) is 24.9 Å². The number of hydrogen-bond acceptors (Lipinski definition) is 6. The van der Waals surface area contributed by atoms with Crippen LogP contribution in [0.15, 0.2) is 34.7 Å². The highest BCUT2D eigenvalue weighted by molar-refractivity contribution is 5.17. The van der Waals surface area contributed by atoms with Gasteiger partial charge >= 0.3 is 0 Å². The van der Waals surface area contributed by atoms with Crippen molar-refractivity contribution in [2.45, 2.75) is 51.7 Å². The van der Waals surface area contributed by atoms with E-state index in [1.54, 1.807) is 0 Å². The molecular formula is C22H33N5O. The lowest BCUT2D eigenvalue weighted by molar-refractivity contribution is 0.100. The molecule has 3 heterocycles. The third kappa shape index (κ3) is 4.99. The summed E-state index contributed by atoms with van der Waals surface area (Å²) in [4.78, 5) is 7.71. The highest BCUT2D eigenvalue weighted by atomic mass is 16.4. The molecule has 152 valence electrons. The third-order valence-electron chi connectivity index (χ3n) is 6.34. The molecule has 2 aliphatic rings. The second-order valence-electron chi connectivity index (χ2n) is 8.38. The maximum atomic E-state index is 5.87. The van der Waals surface area contributed by atoms with Crippen LogP contribution in [0, 0.1) is 0 Å². The molecule has 0 aliphatic carbocycles. The molecule has 0 bridgehead atoms. The summed E-state index contributed by atoms with van der Waals surface area (Å²) in [6.07, 6.45) is 3.41. The molecule has 6 heteroatoms. The largest absolute Gasteiger partial charge is 0.424 e. The zero-order valence-corrected chi connectivity index (χ0v) is 17.3. The van der Waals surface area contributed by atoms with E-state index < -0.39 is 0 Å². The van der Waals surface area contributed by atoms with Gasteiger partial charge in [-0.15, -0.1) is 10.2 Å². The van der Waals surface area contributed by atoms with Crippen molar-refractivity contribution in [3.05, 3.63) is 47.7 Å². The summed E-state index contributed by atoms with van der Waals surface area (Å²) >= 11 is 0. The number of piperazine rings is 1. The molecule has 2 saturated heterocycles. The average Bonchev–Trinajstić information content (AvgIpc) is 3.28. The molecule has 2 aromatic rings. The van der Waals surface area contributed by atoms with E-state index in [1.807, 2.05) is 18.2 Å². The predicted octanol–water partition coefficient (Wildman–Crippen LogP) is 2.65. The van der Waals surface area contributed by atoms with Gasteiger partial charge in [0.1, 0.15) is 0 Å². The van der Waals surface area contributed by atoms with Crippen molar-refractivity contribution in [2.24, 2.45) is 0 Å². The monoisotopic (exact) mass is 383 g/mol. The van der Waals surface area contributed by atoms with Crippen molar-refractivity contribution < 1.29 is 4.42 Å².